The second-order valence-electron chi connectivity index (χ2n) is 6.84. The highest BCUT2D eigenvalue weighted by Gasteiger charge is 2.41. The molecule has 1 amide bonds. The summed E-state index contributed by atoms with van der Waals surface area (Å²) in [6.45, 7) is 9.29. The summed E-state index contributed by atoms with van der Waals surface area (Å²) < 4.78 is 6.18. The van der Waals surface area contributed by atoms with Crippen molar-refractivity contribution in [1.29, 1.82) is 0 Å². The molecule has 1 spiro atoms. The Morgan fingerprint density at radius 1 is 1.41 bits per heavy atom. The molecule has 0 aliphatic carbocycles. The molecule has 2 saturated heterocycles. The molecule has 2 fully saturated rings. The molecule has 0 radical (unpaired) electrons. The molecule has 1 aromatic rings. The first kappa shape index (κ1) is 16.0. The Labute approximate surface area is 137 Å². The van der Waals surface area contributed by atoms with Crippen LogP contribution in [0, 0.1) is 5.92 Å². The van der Waals surface area contributed by atoms with Crippen LogP contribution in [0.25, 0.3) is 0 Å². The van der Waals surface area contributed by atoms with Gasteiger partial charge in [-0.3, -0.25) is 9.69 Å². The van der Waals surface area contributed by atoms with Gasteiger partial charge in [0.2, 0.25) is 5.91 Å². The van der Waals surface area contributed by atoms with Gasteiger partial charge < -0.3 is 9.64 Å². The highest BCUT2D eigenvalue weighted by Crippen LogP contribution is 2.30. The maximum absolute atomic E-state index is 12.3. The van der Waals surface area contributed by atoms with Gasteiger partial charge in [0.1, 0.15) is 0 Å². The Bertz CT molecular complexity index is 499. The highest BCUT2D eigenvalue weighted by molar-refractivity contribution is 7.09. The van der Waals surface area contributed by atoms with Gasteiger partial charge in [-0.15, -0.1) is 11.3 Å². The number of ether oxygens (including phenoxy) is 1. The number of piperidine rings is 1. The van der Waals surface area contributed by atoms with Crippen molar-refractivity contribution in [1.82, 2.24) is 9.80 Å². The van der Waals surface area contributed by atoms with Crippen molar-refractivity contribution < 1.29 is 9.53 Å². The van der Waals surface area contributed by atoms with Crippen LogP contribution < -0.4 is 0 Å². The minimum Gasteiger partial charge on any atom is -0.370 e. The number of thiophene rings is 1. The fourth-order valence-corrected chi connectivity index (χ4v) is 4.33. The van der Waals surface area contributed by atoms with Gasteiger partial charge in [-0.25, -0.2) is 0 Å². The van der Waals surface area contributed by atoms with Crippen LogP contribution in [0.2, 0.25) is 0 Å². The fraction of sp³-hybridized carbons (Fsp3) is 0.706. The Morgan fingerprint density at radius 2 is 2.27 bits per heavy atom. The molecule has 122 valence electrons. The van der Waals surface area contributed by atoms with E-state index < -0.39 is 0 Å². The van der Waals surface area contributed by atoms with E-state index in [9.17, 15) is 4.79 Å². The quantitative estimate of drug-likeness (QED) is 0.857. The van der Waals surface area contributed by atoms with Crippen LogP contribution in [-0.4, -0.2) is 54.1 Å². The Kier molecular flexibility index (Phi) is 4.85. The monoisotopic (exact) mass is 322 g/mol. The molecule has 5 heteroatoms. The van der Waals surface area contributed by atoms with Gasteiger partial charge in [0, 0.05) is 37.0 Å². The zero-order chi connectivity index (χ0) is 15.6. The third-order valence-electron chi connectivity index (χ3n) is 4.63. The summed E-state index contributed by atoms with van der Waals surface area (Å²) in [6.07, 6.45) is 2.11. The lowest BCUT2D eigenvalue weighted by Gasteiger charge is -2.48. The lowest BCUT2D eigenvalue weighted by atomic mass is 9.90. The van der Waals surface area contributed by atoms with Crippen molar-refractivity contribution in [2.45, 2.75) is 38.8 Å². The molecule has 2 aliphatic rings. The highest BCUT2D eigenvalue weighted by atomic mass is 32.1. The van der Waals surface area contributed by atoms with Crippen molar-refractivity contribution in [3.63, 3.8) is 0 Å². The zero-order valence-corrected chi connectivity index (χ0v) is 14.4. The molecule has 0 aromatic carbocycles. The molecule has 0 saturated carbocycles. The lowest BCUT2D eigenvalue weighted by molar-refractivity contribution is -0.160. The van der Waals surface area contributed by atoms with Gasteiger partial charge in [-0.05, 0) is 24.3 Å². The number of rotatable bonds is 3. The smallest absolute Gasteiger partial charge is 0.225 e. The van der Waals surface area contributed by atoms with E-state index in [1.165, 1.54) is 4.88 Å². The molecular weight excluding hydrogens is 296 g/mol. The van der Waals surface area contributed by atoms with Gasteiger partial charge in [-0.2, -0.15) is 0 Å². The van der Waals surface area contributed by atoms with Crippen molar-refractivity contribution in [2.24, 2.45) is 5.92 Å². The van der Waals surface area contributed by atoms with E-state index in [4.69, 9.17) is 4.74 Å². The van der Waals surface area contributed by atoms with E-state index in [1.807, 2.05) is 30.1 Å². The van der Waals surface area contributed by atoms with Crippen LogP contribution >= 0.6 is 11.3 Å². The van der Waals surface area contributed by atoms with Gasteiger partial charge >= 0.3 is 0 Å². The largest absolute Gasteiger partial charge is 0.370 e. The number of hydrogen-bond donors (Lipinski definition) is 0. The summed E-state index contributed by atoms with van der Waals surface area (Å²) in [5.74, 6) is 0.332. The standard InChI is InChI=1S/C17H26N2O2S/c1-14(2)16(20)19-7-4-6-17(13-19)12-18(8-9-21-17)11-15-5-3-10-22-15/h3,5,10,14H,4,6-9,11-13H2,1-2H3/t17-/m0/s1. The average molecular weight is 322 g/mol. The second kappa shape index (κ2) is 6.69. The fourth-order valence-electron chi connectivity index (χ4n) is 3.58. The van der Waals surface area contributed by atoms with E-state index in [-0.39, 0.29) is 17.4 Å². The summed E-state index contributed by atoms with van der Waals surface area (Å²) in [7, 11) is 0. The van der Waals surface area contributed by atoms with Crippen molar-refractivity contribution in [3.8, 4) is 0 Å². The van der Waals surface area contributed by atoms with Gasteiger partial charge in [0.05, 0.1) is 18.8 Å². The molecule has 2 aliphatic heterocycles. The number of nitrogens with zero attached hydrogens (tertiary/aromatic N) is 2. The van der Waals surface area contributed by atoms with Gasteiger partial charge in [-0.1, -0.05) is 19.9 Å². The second-order valence-corrected chi connectivity index (χ2v) is 7.87. The predicted octanol–water partition coefficient (Wildman–Crippen LogP) is 2.60. The van der Waals surface area contributed by atoms with Crippen molar-refractivity contribution >= 4 is 17.2 Å². The number of morpholine rings is 1. The number of amides is 1. The third kappa shape index (κ3) is 3.53. The molecule has 1 aromatic heterocycles. The minimum absolute atomic E-state index is 0.0703. The summed E-state index contributed by atoms with van der Waals surface area (Å²) >= 11 is 1.81. The number of hydrogen-bond acceptors (Lipinski definition) is 4. The van der Waals surface area contributed by atoms with Crippen molar-refractivity contribution in [2.75, 3.05) is 32.8 Å². The molecule has 1 atom stereocenters. The molecule has 0 bridgehead atoms. The van der Waals surface area contributed by atoms with Crippen LogP contribution in [0.3, 0.4) is 0 Å². The summed E-state index contributed by atoms with van der Waals surface area (Å²) in [5.41, 5.74) is -0.154. The molecule has 4 nitrogen and oxygen atoms in total. The Balaban J connectivity index is 1.65. The van der Waals surface area contributed by atoms with E-state index in [0.717, 1.165) is 52.2 Å². The topological polar surface area (TPSA) is 32.8 Å². The third-order valence-corrected chi connectivity index (χ3v) is 5.49. The first-order valence-electron chi connectivity index (χ1n) is 8.25. The van der Waals surface area contributed by atoms with Crippen LogP contribution in [0.4, 0.5) is 0 Å². The summed E-state index contributed by atoms with van der Waals surface area (Å²) in [6, 6.07) is 4.31. The molecular formula is C17H26N2O2S. The summed E-state index contributed by atoms with van der Waals surface area (Å²) in [5, 5.41) is 2.13. The van der Waals surface area contributed by atoms with Crippen LogP contribution in [0.5, 0.6) is 0 Å². The van der Waals surface area contributed by atoms with Crippen molar-refractivity contribution in [3.05, 3.63) is 22.4 Å². The van der Waals surface area contributed by atoms with E-state index in [2.05, 4.69) is 22.4 Å². The number of carbonyl (C=O) groups excluding carboxylic acids is 1. The van der Waals surface area contributed by atoms with Crippen LogP contribution in [-0.2, 0) is 16.1 Å². The number of likely N-dealkylation sites (tertiary alicyclic amines) is 1. The predicted molar refractivity (Wildman–Crippen MR) is 88.9 cm³/mol. The molecule has 0 unspecified atom stereocenters. The van der Waals surface area contributed by atoms with Crippen LogP contribution in [0.1, 0.15) is 31.6 Å². The van der Waals surface area contributed by atoms with Gasteiger partial charge in [0.15, 0.2) is 0 Å². The van der Waals surface area contributed by atoms with E-state index >= 15 is 0 Å². The lowest BCUT2D eigenvalue weighted by Crippen LogP contribution is -2.60. The maximum atomic E-state index is 12.3. The molecule has 22 heavy (non-hydrogen) atoms. The first-order valence-corrected chi connectivity index (χ1v) is 9.13. The van der Waals surface area contributed by atoms with E-state index in [1.54, 1.807) is 0 Å². The van der Waals surface area contributed by atoms with Gasteiger partial charge in [0.25, 0.3) is 0 Å². The molecule has 3 rings (SSSR count). The Hall–Kier alpha value is -0.910. The Morgan fingerprint density at radius 3 is 3.00 bits per heavy atom. The van der Waals surface area contributed by atoms with E-state index in [0.29, 0.717) is 0 Å². The SMILES string of the molecule is CC(C)C(=O)N1CCC[C@]2(CN(Cc3cccs3)CCO2)C1. The van der Waals surface area contributed by atoms with Crippen LogP contribution in [0.15, 0.2) is 17.5 Å². The first-order chi connectivity index (χ1) is 10.6. The molecule has 3 heterocycles. The average Bonchev–Trinajstić information content (AvgIpc) is 2.99. The zero-order valence-electron chi connectivity index (χ0n) is 13.6. The molecule has 0 N–H and O–H groups in total. The normalized spacial score (nSPS) is 26.8. The summed E-state index contributed by atoms with van der Waals surface area (Å²) in [4.78, 5) is 18.2. The number of carbonyl (C=O) groups is 1. The maximum Gasteiger partial charge on any atom is 0.225 e. The minimum atomic E-state index is -0.154.